The smallest absolute Gasteiger partial charge is 0.379 e. The molecule has 0 aromatic carbocycles. The highest BCUT2D eigenvalue weighted by atomic mass is 35.5. The van der Waals surface area contributed by atoms with Gasteiger partial charge in [-0.1, -0.05) is 11.6 Å². The minimum Gasteiger partial charge on any atom is -0.480 e. The van der Waals surface area contributed by atoms with Crippen molar-refractivity contribution >= 4 is 23.4 Å². The number of aromatic nitrogens is 1. The summed E-state index contributed by atoms with van der Waals surface area (Å²) >= 11 is 5.79. The molecule has 0 N–H and O–H groups in total. The van der Waals surface area contributed by atoms with Crippen LogP contribution in [0.2, 0.25) is 5.02 Å². The van der Waals surface area contributed by atoms with E-state index in [0.29, 0.717) is 0 Å². The van der Waals surface area contributed by atoms with Crippen molar-refractivity contribution in [1.29, 1.82) is 0 Å². The first kappa shape index (κ1) is 11.5. The Hall–Kier alpha value is -1.62. The van der Waals surface area contributed by atoms with Crippen LogP contribution in [0.3, 0.4) is 0 Å². The Morgan fingerprint density at radius 3 is 2.60 bits per heavy atom. The monoisotopic (exact) mass is 229 g/mol. The van der Waals surface area contributed by atoms with Crippen molar-refractivity contribution in [3.8, 4) is 5.88 Å². The maximum atomic E-state index is 11.4. The predicted molar refractivity (Wildman–Crippen MR) is 52.1 cm³/mol. The lowest BCUT2D eigenvalue weighted by atomic mass is 10.2. The van der Waals surface area contributed by atoms with Crippen molar-refractivity contribution in [2.75, 3.05) is 14.2 Å². The lowest BCUT2D eigenvalue weighted by Crippen LogP contribution is -2.16. The van der Waals surface area contributed by atoms with Gasteiger partial charge >= 0.3 is 5.97 Å². The topological polar surface area (TPSA) is 65.5 Å². The summed E-state index contributed by atoms with van der Waals surface area (Å²) in [5.41, 5.74) is 0.00960. The second-order valence-corrected chi connectivity index (χ2v) is 2.88. The van der Waals surface area contributed by atoms with E-state index in [9.17, 15) is 9.59 Å². The molecular weight excluding hydrogens is 222 g/mol. The first-order valence-electron chi connectivity index (χ1n) is 3.93. The first-order valence-corrected chi connectivity index (χ1v) is 4.30. The molecule has 15 heavy (non-hydrogen) atoms. The van der Waals surface area contributed by atoms with Gasteiger partial charge in [0.15, 0.2) is 0 Å². The molecule has 80 valence electrons. The predicted octanol–water partition coefficient (Wildman–Crippen LogP) is 1.10. The summed E-state index contributed by atoms with van der Waals surface area (Å²) in [5, 5.41) is -0.00426. The van der Waals surface area contributed by atoms with Gasteiger partial charge in [0.1, 0.15) is 5.02 Å². The molecule has 0 bridgehead atoms. The molecule has 0 fully saturated rings. The molecular formula is C9H8ClNO4. The average molecular weight is 230 g/mol. The SMILES string of the molecule is COC(=O)C(=O)c1ccnc(OC)c1Cl. The Morgan fingerprint density at radius 1 is 1.40 bits per heavy atom. The molecule has 0 amide bonds. The van der Waals surface area contributed by atoms with E-state index in [1.807, 2.05) is 0 Å². The number of rotatable bonds is 3. The standard InChI is InChI=1S/C9H8ClNO4/c1-14-8-6(10)5(3-4-11-8)7(12)9(13)15-2/h3-4H,1-2H3. The molecule has 5 nitrogen and oxygen atoms in total. The summed E-state index contributed by atoms with van der Waals surface area (Å²) in [6, 6.07) is 1.32. The van der Waals surface area contributed by atoms with Crippen molar-refractivity contribution in [2.45, 2.75) is 0 Å². The highest BCUT2D eigenvalue weighted by molar-refractivity contribution is 6.45. The number of hydrogen-bond acceptors (Lipinski definition) is 5. The Labute approximate surface area is 91.0 Å². The zero-order valence-electron chi connectivity index (χ0n) is 8.11. The molecule has 0 unspecified atom stereocenters. The number of carbonyl (C=O) groups excluding carboxylic acids is 2. The maximum absolute atomic E-state index is 11.4. The third kappa shape index (κ3) is 2.24. The summed E-state index contributed by atoms with van der Waals surface area (Å²) in [6.45, 7) is 0. The van der Waals surface area contributed by atoms with E-state index < -0.39 is 11.8 Å². The van der Waals surface area contributed by atoms with E-state index >= 15 is 0 Å². The molecule has 0 aliphatic rings. The van der Waals surface area contributed by atoms with Crippen LogP contribution in [0.4, 0.5) is 0 Å². The van der Waals surface area contributed by atoms with Gasteiger partial charge in [-0.05, 0) is 6.07 Å². The largest absolute Gasteiger partial charge is 0.480 e. The number of carbonyl (C=O) groups is 2. The molecule has 0 atom stereocenters. The molecule has 0 saturated heterocycles. The van der Waals surface area contributed by atoms with E-state index in [1.54, 1.807) is 0 Å². The number of Topliss-reactive ketones (excluding diaryl/α,β-unsaturated/α-hetero) is 1. The summed E-state index contributed by atoms with van der Waals surface area (Å²) < 4.78 is 9.09. The number of ketones is 1. The molecule has 1 heterocycles. The Bertz CT molecular complexity index is 405. The second-order valence-electron chi connectivity index (χ2n) is 2.50. The molecule has 0 saturated carbocycles. The lowest BCUT2D eigenvalue weighted by molar-refractivity contribution is -0.135. The van der Waals surface area contributed by atoms with Crippen molar-refractivity contribution in [3.05, 3.63) is 22.8 Å². The summed E-state index contributed by atoms with van der Waals surface area (Å²) in [4.78, 5) is 26.2. The van der Waals surface area contributed by atoms with Crippen LogP contribution in [0.5, 0.6) is 5.88 Å². The molecule has 6 heteroatoms. The van der Waals surface area contributed by atoms with Gasteiger partial charge in [0.25, 0.3) is 5.78 Å². The van der Waals surface area contributed by atoms with Gasteiger partial charge in [-0.2, -0.15) is 0 Å². The number of ether oxygens (including phenoxy) is 2. The van der Waals surface area contributed by atoms with Crippen LogP contribution in [-0.4, -0.2) is 31.0 Å². The number of hydrogen-bond donors (Lipinski definition) is 0. The van der Waals surface area contributed by atoms with Crippen molar-refractivity contribution in [3.63, 3.8) is 0 Å². The zero-order valence-corrected chi connectivity index (χ0v) is 8.87. The molecule has 0 aliphatic heterocycles. The van der Waals surface area contributed by atoms with Crippen molar-refractivity contribution < 1.29 is 19.1 Å². The number of esters is 1. The normalized spacial score (nSPS) is 9.53. The summed E-state index contributed by atoms with van der Waals surface area (Å²) in [5.74, 6) is -1.72. The van der Waals surface area contributed by atoms with Crippen LogP contribution in [0.15, 0.2) is 12.3 Å². The fraction of sp³-hybridized carbons (Fsp3) is 0.222. The van der Waals surface area contributed by atoms with Gasteiger partial charge in [0.05, 0.1) is 19.8 Å². The van der Waals surface area contributed by atoms with Crippen LogP contribution in [0.1, 0.15) is 10.4 Å². The number of nitrogens with zero attached hydrogens (tertiary/aromatic N) is 1. The Balaban J connectivity index is 3.15. The zero-order chi connectivity index (χ0) is 11.4. The van der Waals surface area contributed by atoms with Gasteiger partial charge in [0.2, 0.25) is 5.88 Å². The van der Waals surface area contributed by atoms with Crippen LogP contribution in [-0.2, 0) is 9.53 Å². The third-order valence-corrected chi connectivity index (χ3v) is 2.03. The maximum Gasteiger partial charge on any atom is 0.379 e. The minimum absolute atomic E-state index is 0.00426. The number of pyridine rings is 1. The molecule has 0 aliphatic carbocycles. The van der Waals surface area contributed by atoms with Crippen LogP contribution in [0.25, 0.3) is 0 Å². The molecule has 0 radical (unpaired) electrons. The highest BCUT2D eigenvalue weighted by Gasteiger charge is 2.21. The van der Waals surface area contributed by atoms with Crippen molar-refractivity contribution in [2.24, 2.45) is 0 Å². The van der Waals surface area contributed by atoms with Crippen LogP contribution < -0.4 is 4.74 Å². The van der Waals surface area contributed by atoms with Crippen LogP contribution in [0, 0.1) is 0 Å². The van der Waals surface area contributed by atoms with Gasteiger partial charge < -0.3 is 9.47 Å². The first-order chi connectivity index (χ1) is 7.11. The van der Waals surface area contributed by atoms with Gasteiger partial charge in [-0.25, -0.2) is 9.78 Å². The Morgan fingerprint density at radius 2 is 2.07 bits per heavy atom. The van der Waals surface area contributed by atoms with E-state index in [-0.39, 0.29) is 16.5 Å². The number of halogens is 1. The van der Waals surface area contributed by atoms with Gasteiger partial charge in [-0.15, -0.1) is 0 Å². The third-order valence-electron chi connectivity index (χ3n) is 1.67. The fourth-order valence-electron chi connectivity index (χ4n) is 0.945. The molecule has 0 spiro atoms. The minimum atomic E-state index is -0.981. The second kappa shape index (κ2) is 4.75. The van der Waals surface area contributed by atoms with Gasteiger partial charge in [-0.3, -0.25) is 4.79 Å². The molecule has 1 aromatic heterocycles. The van der Waals surface area contributed by atoms with Gasteiger partial charge in [0, 0.05) is 6.20 Å². The summed E-state index contributed by atoms with van der Waals surface area (Å²) in [6.07, 6.45) is 1.32. The average Bonchev–Trinajstić information content (AvgIpc) is 2.27. The quantitative estimate of drug-likeness (QED) is 0.441. The fourth-order valence-corrected chi connectivity index (χ4v) is 1.22. The van der Waals surface area contributed by atoms with E-state index in [4.69, 9.17) is 16.3 Å². The molecule has 1 aromatic rings. The highest BCUT2D eigenvalue weighted by Crippen LogP contribution is 2.25. The number of methoxy groups -OCH3 is 2. The Kier molecular flexibility index (Phi) is 3.62. The van der Waals surface area contributed by atoms with Crippen LogP contribution >= 0.6 is 11.6 Å². The van der Waals surface area contributed by atoms with E-state index in [2.05, 4.69) is 9.72 Å². The molecule has 1 rings (SSSR count). The van der Waals surface area contributed by atoms with E-state index in [0.717, 1.165) is 7.11 Å². The summed E-state index contributed by atoms with van der Waals surface area (Å²) in [7, 11) is 2.48. The van der Waals surface area contributed by atoms with Crippen molar-refractivity contribution in [1.82, 2.24) is 4.98 Å². The lowest BCUT2D eigenvalue weighted by Gasteiger charge is -2.05. The van der Waals surface area contributed by atoms with E-state index in [1.165, 1.54) is 19.4 Å².